The van der Waals surface area contributed by atoms with Crippen molar-refractivity contribution in [3.05, 3.63) is 11.9 Å². The highest BCUT2D eigenvalue weighted by Crippen LogP contribution is 2.20. The Hall–Kier alpha value is -1.85. The number of nitrogens with zero attached hydrogens (tertiary/aromatic N) is 3. The molecule has 2 amide bonds. The van der Waals surface area contributed by atoms with Gasteiger partial charge in [-0.15, -0.1) is 0 Å². The van der Waals surface area contributed by atoms with Crippen LogP contribution >= 0.6 is 0 Å². The number of amides is 2. The summed E-state index contributed by atoms with van der Waals surface area (Å²) in [6.45, 7) is 4.03. The zero-order chi connectivity index (χ0) is 14.0. The van der Waals surface area contributed by atoms with Gasteiger partial charge in [-0.05, 0) is 26.2 Å². The molecule has 0 bridgehead atoms. The normalized spacial score (nSPS) is 19.3. The van der Waals surface area contributed by atoms with Crippen molar-refractivity contribution in [2.75, 3.05) is 11.9 Å². The summed E-state index contributed by atoms with van der Waals surface area (Å²) < 4.78 is 1.66. The summed E-state index contributed by atoms with van der Waals surface area (Å²) in [5.74, 6) is -0.159. The molecule has 1 N–H and O–H groups in total. The van der Waals surface area contributed by atoms with Crippen molar-refractivity contribution in [1.29, 1.82) is 0 Å². The molecule has 1 unspecified atom stereocenters. The molecule has 1 saturated heterocycles. The number of rotatable bonds is 2. The zero-order valence-corrected chi connectivity index (χ0v) is 11.6. The SMILES string of the molecule is CC(=O)N1CCCCC1C(=O)Nc1cn(C)nc1C. The average molecular weight is 264 g/mol. The molecule has 19 heavy (non-hydrogen) atoms. The number of aryl methyl sites for hydroxylation is 2. The van der Waals surface area contributed by atoms with Crippen molar-refractivity contribution in [2.24, 2.45) is 7.05 Å². The van der Waals surface area contributed by atoms with E-state index in [9.17, 15) is 9.59 Å². The van der Waals surface area contributed by atoms with E-state index in [2.05, 4.69) is 10.4 Å². The maximum atomic E-state index is 12.3. The smallest absolute Gasteiger partial charge is 0.247 e. The zero-order valence-electron chi connectivity index (χ0n) is 11.6. The molecule has 6 heteroatoms. The van der Waals surface area contributed by atoms with Crippen LogP contribution in [-0.4, -0.2) is 39.1 Å². The number of hydrogen-bond acceptors (Lipinski definition) is 3. The first-order chi connectivity index (χ1) is 8.99. The van der Waals surface area contributed by atoms with Crippen LogP contribution in [0, 0.1) is 6.92 Å². The lowest BCUT2D eigenvalue weighted by molar-refractivity contribution is -0.138. The number of carbonyl (C=O) groups is 2. The van der Waals surface area contributed by atoms with Crippen molar-refractivity contribution in [3.63, 3.8) is 0 Å². The second-order valence-electron chi connectivity index (χ2n) is 5.02. The molecule has 6 nitrogen and oxygen atoms in total. The average Bonchev–Trinajstić information content (AvgIpc) is 2.67. The predicted octanol–water partition coefficient (Wildman–Crippen LogP) is 1.07. The van der Waals surface area contributed by atoms with Crippen LogP contribution in [0.15, 0.2) is 6.20 Å². The molecule has 1 aromatic rings. The molecule has 1 aliphatic rings. The van der Waals surface area contributed by atoms with Gasteiger partial charge in [0.2, 0.25) is 11.8 Å². The summed E-state index contributed by atoms with van der Waals surface area (Å²) in [6.07, 6.45) is 4.45. The van der Waals surface area contributed by atoms with Gasteiger partial charge in [0, 0.05) is 26.7 Å². The second kappa shape index (κ2) is 5.42. The Labute approximate surface area is 112 Å². The third-order valence-corrected chi connectivity index (χ3v) is 3.48. The van der Waals surface area contributed by atoms with Crippen molar-refractivity contribution in [2.45, 2.75) is 39.2 Å². The van der Waals surface area contributed by atoms with Crippen LogP contribution in [0.1, 0.15) is 31.9 Å². The fraction of sp³-hybridized carbons (Fsp3) is 0.615. The van der Waals surface area contributed by atoms with E-state index in [4.69, 9.17) is 0 Å². The topological polar surface area (TPSA) is 67.2 Å². The fourth-order valence-electron chi connectivity index (χ4n) is 2.52. The van der Waals surface area contributed by atoms with Crippen LogP contribution in [0.5, 0.6) is 0 Å². The number of carbonyl (C=O) groups excluding carboxylic acids is 2. The summed E-state index contributed by atoms with van der Waals surface area (Å²) in [4.78, 5) is 25.5. The highest BCUT2D eigenvalue weighted by Gasteiger charge is 2.30. The van der Waals surface area contributed by atoms with Gasteiger partial charge in [0.1, 0.15) is 6.04 Å². The van der Waals surface area contributed by atoms with Gasteiger partial charge >= 0.3 is 0 Å². The number of anilines is 1. The molecule has 104 valence electrons. The molecule has 2 heterocycles. The van der Waals surface area contributed by atoms with Gasteiger partial charge in [-0.3, -0.25) is 14.3 Å². The Bertz CT molecular complexity index is 495. The van der Waals surface area contributed by atoms with Crippen LogP contribution < -0.4 is 5.32 Å². The van der Waals surface area contributed by atoms with E-state index in [-0.39, 0.29) is 17.9 Å². The molecule has 1 aromatic heterocycles. The first-order valence-corrected chi connectivity index (χ1v) is 6.57. The first-order valence-electron chi connectivity index (χ1n) is 6.57. The van der Waals surface area contributed by atoms with E-state index in [1.165, 1.54) is 6.92 Å². The summed E-state index contributed by atoms with van der Waals surface area (Å²) in [7, 11) is 1.81. The largest absolute Gasteiger partial charge is 0.331 e. The standard InChI is InChI=1S/C13H20N4O2/c1-9-11(8-16(3)15-9)14-13(19)12-6-4-5-7-17(12)10(2)18/h8,12H,4-7H2,1-3H3,(H,14,19). The van der Waals surface area contributed by atoms with Crippen LogP contribution in [0.4, 0.5) is 5.69 Å². The minimum Gasteiger partial charge on any atom is -0.331 e. The lowest BCUT2D eigenvalue weighted by Crippen LogP contribution is -2.49. The summed E-state index contributed by atoms with van der Waals surface area (Å²) in [6, 6.07) is -0.356. The summed E-state index contributed by atoms with van der Waals surface area (Å²) >= 11 is 0. The Morgan fingerprint density at radius 1 is 1.42 bits per heavy atom. The molecule has 2 rings (SSSR count). The van der Waals surface area contributed by atoms with Crippen molar-refractivity contribution in [1.82, 2.24) is 14.7 Å². The van der Waals surface area contributed by atoms with E-state index in [1.807, 2.05) is 14.0 Å². The van der Waals surface area contributed by atoms with Gasteiger partial charge in [-0.2, -0.15) is 5.10 Å². The Morgan fingerprint density at radius 2 is 2.16 bits per heavy atom. The second-order valence-corrected chi connectivity index (χ2v) is 5.02. The molecular formula is C13H20N4O2. The minimum absolute atomic E-state index is 0.0391. The van der Waals surface area contributed by atoms with E-state index in [1.54, 1.807) is 15.8 Å². The van der Waals surface area contributed by atoms with Gasteiger partial charge in [0.25, 0.3) is 0 Å². The van der Waals surface area contributed by atoms with Crippen LogP contribution in [0.25, 0.3) is 0 Å². The lowest BCUT2D eigenvalue weighted by Gasteiger charge is -2.33. The van der Waals surface area contributed by atoms with Crippen molar-refractivity contribution >= 4 is 17.5 Å². The van der Waals surface area contributed by atoms with E-state index >= 15 is 0 Å². The van der Waals surface area contributed by atoms with E-state index in [0.717, 1.165) is 25.0 Å². The minimum atomic E-state index is -0.356. The van der Waals surface area contributed by atoms with E-state index < -0.39 is 0 Å². The van der Waals surface area contributed by atoms with Crippen molar-refractivity contribution < 1.29 is 9.59 Å². The third kappa shape index (κ3) is 2.94. The third-order valence-electron chi connectivity index (χ3n) is 3.48. The molecule has 1 atom stereocenters. The van der Waals surface area contributed by atoms with Crippen LogP contribution in [0.2, 0.25) is 0 Å². The highest BCUT2D eigenvalue weighted by molar-refractivity contribution is 5.97. The Kier molecular flexibility index (Phi) is 3.87. The highest BCUT2D eigenvalue weighted by atomic mass is 16.2. The molecule has 1 aliphatic heterocycles. The molecule has 1 fully saturated rings. The number of piperidine rings is 1. The van der Waals surface area contributed by atoms with Gasteiger partial charge < -0.3 is 10.2 Å². The van der Waals surface area contributed by atoms with Gasteiger partial charge in [-0.25, -0.2) is 0 Å². The van der Waals surface area contributed by atoms with Crippen LogP contribution in [-0.2, 0) is 16.6 Å². The predicted molar refractivity (Wildman–Crippen MR) is 71.6 cm³/mol. The summed E-state index contributed by atoms with van der Waals surface area (Å²) in [5.41, 5.74) is 1.49. The maximum Gasteiger partial charge on any atom is 0.247 e. The lowest BCUT2D eigenvalue weighted by atomic mass is 10.0. The number of nitrogens with one attached hydrogen (secondary N) is 1. The molecule has 0 radical (unpaired) electrons. The molecular weight excluding hydrogens is 244 g/mol. The molecule has 0 spiro atoms. The van der Waals surface area contributed by atoms with Gasteiger partial charge in [0.15, 0.2) is 0 Å². The van der Waals surface area contributed by atoms with Crippen molar-refractivity contribution in [3.8, 4) is 0 Å². The first kappa shape index (κ1) is 13.6. The fourth-order valence-corrected chi connectivity index (χ4v) is 2.52. The molecule has 0 aliphatic carbocycles. The van der Waals surface area contributed by atoms with Gasteiger partial charge in [-0.1, -0.05) is 0 Å². The molecule has 0 aromatic carbocycles. The van der Waals surface area contributed by atoms with Gasteiger partial charge in [0.05, 0.1) is 11.4 Å². The number of likely N-dealkylation sites (tertiary alicyclic amines) is 1. The Morgan fingerprint density at radius 3 is 2.74 bits per heavy atom. The summed E-state index contributed by atoms with van der Waals surface area (Å²) in [5, 5.41) is 7.05. The number of hydrogen-bond donors (Lipinski definition) is 1. The Balaban J connectivity index is 2.09. The van der Waals surface area contributed by atoms with Crippen LogP contribution in [0.3, 0.4) is 0 Å². The monoisotopic (exact) mass is 264 g/mol. The number of aromatic nitrogens is 2. The molecule has 0 saturated carbocycles. The quantitative estimate of drug-likeness (QED) is 0.868. The van der Waals surface area contributed by atoms with E-state index in [0.29, 0.717) is 12.2 Å². The maximum absolute atomic E-state index is 12.3.